The molecule has 0 heterocycles. The van der Waals surface area contributed by atoms with E-state index in [1.165, 1.54) is 6.07 Å². The van der Waals surface area contributed by atoms with E-state index in [0.717, 1.165) is 18.2 Å². The summed E-state index contributed by atoms with van der Waals surface area (Å²) in [6.45, 7) is 0. The molecular formula is C19H12F5NO3. The van der Waals surface area contributed by atoms with Gasteiger partial charge in [0.05, 0.1) is 11.6 Å². The lowest BCUT2D eigenvalue weighted by atomic mass is 9.95. The van der Waals surface area contributed by atoms with Gasteiger partial charge in [0.2, 0.25) is 0 Å². The summed E-state index contributed by atoms with van der Waals surface area (Å²) in [6, 6.07) is 6.43. The molecule has 2 aromatic carbocycles. The van der Waals surface area contributed by atoms with Gasteiger partial charge in [-0.15, -0.1) is 0 Å². The van der Waals surface area contributed by atoms with Crippen LogP contribution < -0.4 is 4.74 Å². The molecule has 1 fully saturated rings. The van der Waals surface area contributed by atoms with E-state index in [4.69, 9.17) is 10.00 Å². The van der Waals surface area contributed by atoms with Crippen LogP contribution in [0.1, 0.15) is 41.0 Å². The minimum absolute atomic E-state index is 0.0686. The van der Waals surface area contributed by atoms with Crippen molar-refractivity contribution in [3.8, 4) is 17.6 Å². The number of ether oxygens (including phenoxy) is 1. The molecule has 4 rings (SSSR count). The largest absolute Gasteiger partial charge is 0.457 e. The molecule has 0 bridgehead atoms. The Morgan fingerprint density at radius 3 is 2.36 bits per heavy atom. The second-order valence-corrected chi connectivity index (χ2v) is 6.88. The number of hydrogen-bond acceptors (Lipinski definition) is 4. The number of nitrogens with zero attached hydrogens (tertiary/aromatic N) is 1. The average molecular weight is 397 g/mol. The molecule has 0 atom stereocenters. The Labute approximate surface area is 155 Å². The highest BCUT2D eigenvalue weighted by atomic mass is 19.3. The number of hydrogen-bond donors (Lipinski definition) is 2. The predicted octanol–water partition coefficient (Wildman–Crippen LogP) is 4.25. The summed E-state index contributed by atoms with van der Waals surface area (Å²) in [6.07, 6.45) is 0.902. The van der Waals surface area contributed by atoms with Gasteiger partial charge in [0.25, 0.3) is 5.79 Å². The topological polar surface area (TPSA) is 73.5 Å². The molecule has 2 aliphatic rings. The number of aliphatic hydroxyl groups is 2. The first-order valence-corrected chi connectivity index (χ1v) is 8.27. The second-order valence-electron chi connectivity index (χ2n) is 6.88. The fraction of sp³-hybridized carbons (Fsp3) is 0.316. The molecule has 0 aliphatic heterocycles. The maximum Gasteiger partial charge on any atom is 0.371 e. The van der Waals surface area contributed by atoms with Gasteiger partial charge < -0.3 is 14.9 Å². The number of nitriles is 1. The molecule has 28 heavy (non-hydrogen) atoms. The van der Waals surface area contributed by atoms with Gasteiger partial charge in [-0.25, -0.2) is 4.39 Å². The molecule has 0 aromatic heterocycles. The third-order valence-electron chi connectivity index (χ3n) is 4.94. The van der Waals surface area contributed by atoms with Crippen molar-refractivity contribution in [1.82, 2.24) is 0 Å². The number of benzene rings is 2. The van der Waals surface area contributed by atoms with Crippen molar-refractivity contribution in [2.45, 2.75) is 36.4 Å². The van der Waals surface area contributed by atoms with Gasteiger partial charge in [-0.2, -0.15) is 22.8 Å². The van der Waals surface area contributed by atoms with Crippen molar-refractivity contribution in [3.63, 3.8) is 0 Å². The lowest BCUT2D eigenvalue weighted by Gasteiger charge is -2.28. The van der Waals surface area contributed by atoms with Crippen LogP contribution in [0.25, 0.3) is 0 Å². The summed E-state index contributed by atoms with van der Waals surface area (Å²) in [5.74, 6) is -15.6. The molecule has 146 valence electrons. The summed E-state index contributed by atoms with van der Waals surface area (Å²) >= 11 is 0. The minimum Gasteiger partial charge on any atom is -0.457 e. The van der Waals surface area contributed by atoms with Crippen LogP contribution in [0, 0.1) is 17.1 Å². The van der Waals surface area contributed by atoms with Crippen molar-refractivity contribution in [2.24, 2.45) is 0 Å². The van der Waals surface area contributed by atoms with Gasteiger partial charge in [0, 0.05) is 22.8 Å². The van der Waals surface area contributed by atoms with Gasteiger partial charge in [0.15, 0.2) is 0 Å². The average Bonchev–Trinajstić information content (AvgIpc) is 3.43. The molecule has 0 unspecified atom stereocenters. The zero-order chi connectivity index (χ0) is 20.5. The fourth-order valence-electron chi connectivity index (χ4n) is 3.46. The Bertz CT molecular complexity index is 1020. The Morgan fingerprint density at radius 2 is 1.75 bits per heavy atom. The Morgan fingerprint density at radius 1 is 1.07 bits per heavy atom. The lowest BCUT2D eigenvalue weighted by Crippen LogP contribution is -2.49. The van der Waals surface area contributed by atoms with Gasteiger partial charge in [-0.3, -0.25) is 0 Å². The maximum atomic E-state index is 14.2. The molecule has 2 aromatic rings. The first-order valence-electron chi connectivity index (χ1n) is 8.27. The van der Waals surface area contributed by atoms with Crippen molar-refractivity contribution in [2.75, 3.05) is 0 Å². The third-order valence-corrected chi connectivity index (χ3v) is 4.94. The SMILES string of the molecule is N#Cc1cc(F)cc(Oc2ccc3c(c2C2CC2)C(O)(O)C(F)(F)C3(F)F)c1. The van der Waals surface area contributed by atoms with Crippen LogP contribution in [0.15, 0.2) is 30.3 Å². The third kappa shape index (κ3) is 2.41. The van der Waals surface area contributed by atoms with Crippen LogP contribution in [0.5, 0.6) is 11.5 Å². The highest BCUT2D eigenvalue weighted by Gasteiger charge is 2.77. The molecule has 2 aliphatic carbocycles. The van der Waals surface area contributed by atoms with Crippen LogP contribution in [0.2, 0.25) is 0 Å². The fourth-order valence-corrected chi connectivity index (χ4v) is 3.46. The van der Waals surface area contributed by atoms with Crippen molar-refractivity contribution in [3.05, 3.63) is 58.4 Å². The maximum absolute atomic E-state index is 14.2. The highest BCUT2D eigenvalue weighted by molar-refractivity contribution is 5.57. The van der Waals surface area contributed by atoms with E-state index in [1.807, 2.05) is 0 Å². The minimum atomic E-state index is -5.14. The van der Waals surface area contributed by atoms with Crippen LogP contribution in [0.3, 0.4) is 0 Å². The summed E-state index contributed by atoms with van der Waals surface area (Å²) in [4.78, 5) is 0. The van der Waals surface area contributed by atoms with E-state index in [9.17, 15) is 32.2 Å². The van der Waals surface area contributed by atoms with Crippen LogP contribution >= 0.6 is 0 Å². The zero-order valence-corrected chi connectivity index (χ0v) is 14.0. The first kappa shape index (κ1) is 18.7. The van der Waals surface area contributed by atoms with E-state index in [2.05, 4.69) is 0 Å². The van der Waals surface area contributed by atoms with Gasteiger partial charge in [0.1, 0.15) is 17.3 Å². The van der Waals surface area contributed by atoms with Crippen LogP contribution in [0.4, 0.5) is 22.0 Å². The first-order chi connectivity index (χ1) is 13.0. The van der Waals surface area contributed by atoms with Gasteiger partial charge >= 0.3 is 11.8 Å². The van der Waals surface area contributed by atoms with Crippen molar-refractivity contribution >= 4 is 0 Å². The molecule has 0 spiro atoms. The lowest BCUT2D eigenvalue weighted by molar-refractivity contribution is -0.357. The van der Waals surface area contributed by atoms with Crippen molar-refractivity contribution in [1.29, 1.82) is 5.26 Å². The smallest absolute Gasteiger partial charge is 0.371 e. The molecule has 0 radical (unpaired) electrons. The van der Waals surface area contributed by atoms with Gasteiger partial charge in [-0.1, -0.05) is 0 Å². The molecule has 9 heteroatoms. The summed E-state index contributed by atoms with van der Waals surface area (Å²) in [7, 11) is 0. The van der Waals surface area contributed by atoms with Crippen molar-refractivity contribution < 1.29 is 36.9 Å². The summed E-state index contributed by atoms with van der Waals surface area (Å²) < 4.78 is 75.7. The number of halogens is 5. The van der Waals surface area contributed by atoms with Crippen LogP contribution in [-0.2, 0) is 11.7 Å². The molecule has 0 amide bonds. The normalized spacial score (nSPS) is 21.1. The Balaban J connectivity index is 1.89. The van der Waals surface area contributed by atoms with Gasteiger partial charge in [-0.05, 0) is 43.0 Å². The molecule has 1 saturated carbocycles. The Hall–Kier alpha value is -2.70. The molecular weight excluding hydrogens is 385 g/mol. The quantitative estimate of drug-likeness (QED) is 0.600. The van der Waals surface area contributed by atoms with E-state index in [0.29, 0.717) is 18.9 Å². The number of rotatable bonds is 3. The molecule has 2 N–H and O–H groups in total. The van der Waals surface area contributed by atoms with Crippen LogP contribution in [-0.4, -0.2) is 16.1 Å². The van der Waals surface area contributed by atoms with E-state index in [1.54, 1.807) is 6.07 Å². The molecule has 0 saturated heterocycles. The summed E-state index contributed by atoms with van der Waals surface area (Å²) in [5, 5.41) is 28.8. The number of fused-ring (bicyclic) bond motifs is 1. The predicted molar refractivity (Wildman–Crippen MR) is 84.6 cm³/mol. The highest BCUT2D eigenvalue weighted by Crippen LogP contribution is 2.63. The van der Waals surface area contributed by atoms with E-state index in [-0.39, 0.29) is 22.6 Å². The molecule has 4 nitrogen and oxygen atoms in total. The summed E-state index contributed by atoms with van der Waals surface area (Å²) in [5.41, 5.74) is -2.42. The standard InChI is InChI=1S/C19H12F5NO3/c20-11-5-9(8-25)6-12(7-11)28-14-4-3-13-16(15(14)10-1-2-10)18(26,27)19(23,24)17(13,21)22/h3-7,10,26-27H,1-2H2. The van der Waals surface area contributed by atoms with E-state index >= 15 is 0 Å². The zero-order valence-electron chi connectivity index (χ0n) is 14.0. The number of alkyl halides is 4. The monoisotopic (exact) mass is 397 g/mol. The van der Waals surface area contributed by atoms with E-state index < -0.39 is 40.5 Å². The second kappa shape index (κ2) is 5.65. The Kier molecular flexibility index (Phi) is 3.77.